The van der Waals surface area contributed by atoms with E-state index in [4.69, 9.17) is 0 Å². The largest absolute Gasteiger partial charge is 0.346 e. The topological polar surface area (TPSA) is 93.9 Å². The van der Waals surface area contributed by atoms with E-state index in [2.05, 4.69) is 21.5 Å². The zero-order chi connectivity index (χ0) is 23.0. The fourth-order valence-electron chi connectivity index (χ4n) is 3.79. The minimum atomic E-state index is -3.41. The van der Waals surface area contributed by atoms with Crippen molar-refractivity contribution in [2.24, 2.45) is 7.05 Å². The van der Waals surface area contributed by atoms with Crippen molar-refractivity contribution in [1.82, 2.24) is 20.1 Å². The van der Waals surface area contributed by atoms with Crippen LogP contribution in [-0.2, 0) is 23.4 Å². The Morgan fingerprint density at radius 2 is 1.78 bits per heavy atom. The standard InChI is InChI=1S/C24H24N4O3S/c1-15-5-6-19(13-23(15)32(4,30)31)24(29)26-14-20-11-18(9-10-25-20)17-7-8-22-21(12-17)16(2)27-28(22)3/h5-13H,14H2,1-4H3,(H,26,29). The minimum Gasteiger partial charge on any atom is -0.346 e. The van der Waals surface area contributed by atoms with Gasteiger partial charge in [-0.1, -0.05) is 12.1 Å². The average Bonchev–Trinajstić information content (AvgIpc) is 3.04. The van der Waals surface area contributed by atoms with Gasteiger partial charge in [0.1, 0.15) is 0 Å². The van der Waals surface area contributed by atoms with Gasteiger partial charge in [0.2, 0.25) is 0 Å². The summed E-state index contributed by atoms with van der Waals surface area (Å²) in [6.07, 6.45) is 2.85. The van der Waals surface area contributed by atoms with E-state index in [0.717, 1.165) is 34.0 Å². The molecule has 0 fully saturated rings. The summed E-state index contributed by atoms with van der Waals surface area (Å²) in [5.74, 6) is -0.352. The Balaban J connectivity index is 1.54. The Morgan fingerprint density at radius 1 is 1.03 bits per heavy atom. The number of hydrogen-bond donors (Lipinski definition) is 1. The summed E-state index contributed by atoms with van der Waals surface area (Å²) < 4.78 is 25.7. The van der Waals surface area contributed by atoms with E-state index in [1.807, 2.05) is 42.9 Å². The molecule has 8 heteroatoms. The summed E-state index contributed by atoms with van der Waals surface area (Å²) in [7, 11) is -1.48. The van der Waals surface area contributed by atoms with E-state index >= 15 is 0 Å². The molecular formula is C24H24N4O3S. The molecule has 4 aromatic rings. The number of aromatic nitrogens is 3. The number of fused-ring (bicyclic) bond motifs is 1. The fraction of sp³-hybridized carbons (Fsp3) is 0.208. The molecule has 0 aliphatic rings. The second kappa shape index (κ2) is 8.20. The normalized spacial score (nSPS) is 11.6. The van der Waals surface area contributed by atoms with E-state index in [1.54, 1.807) is 25.3 Å². The predicted molar refractivity (Wildman–Crippen MR) is 124 cm³/mol. The lowest BCUT2D eigenvalue weighted by atomic mass is 10.0. The number of carbonyl (C=O) groups excluding carboxylic acids is 1. The number of rotatable bonds is 5. The van der Waals surface area contributed by atoms with Gasteiger partial charge in [0.25, 0.3) is 5.91 Å². The van der Waals surface area contributed by atoms with Crippen LogP contribution in [0.2, 0.25) is 0 Å². The van der Waals surface area contributed by atoms with E-state index in [0.29, 0.717) is 16.8 Å². The van der Waals surface area contributed by atoms with Crippen molar-refractivity contribution < 1.29 is 13.2 Å². The first-order valence-electron chi connectivity index (χ1n) is 10.1. The number of aryl methyl sites for hydroxylation is 3. The van der Waals surface area contributed by atoms with E-state index in [9.17, 15) is 13.2 Å². The van der Waals surface area contributed by atoms with Crippen LogP contribution in [0.3, 0.4) is 0 Å². The molecule has 0 radical (unpaired) electrons. The van der Waals surface area contributed by atoms with Crippen LogP contribution < -0.4 is 5.32 Å². The zero-order valence-electron chi connectivity index (χ0n) is 18.4. The molecule has 7 nitrogen and oxygen atoms in total. The molecule has 0 aliphatic carbocycles. The average molecular weight is 449 g/mol. The predicted octanol–water partition coefficient (Wildman–Crippen LogP) is 3.59. The van der Waals surface area contributed by atoms with Gasteiger partial charge in [0.05, 0.1) is 28.3 Å². The highest BCUT2D eigenvalue weighted by Crippen LogP contribution is 2.26. The van der Waals surface area contributed by atoms with Crippen LogP contribution in [0.5, 0.6) is 0 Å². The highest BCUT2D eigenvalue weighted by atomic mass is 32.2. The number of amides is 1. The second-order valence-corrected chi connectivity index (χ2v) is 9.90. The number of carbonyl (C=O) groups is 1. The van der Waals surface area contributed by atoms with Crippen molar-refractivity contribution in [3.8, 4) is 11.1 Å². The lowest BCUT2D eigenvalue weighted by molar-refractivity contribution is 0.0950. The molecule has 0 saturated carbocycles. The van der Waals surface area contributed by atoms with Crippen LogP contribution in [0.15, 0.2) is 59.6 Å². The summed E-state index contributed by atoms with van der Waals surface area (Å²) in [5.41, 5.74) is 5.68. The van der Waals surface area contributed by atoms with Crippen LogP contribution in [-0.4, -0.2) is 35.3 Å². The molecule has 32 heavy (non-hydrogen) atoms. The third-order valence-corrected chi connectivity index (χ3v) is 6.70. The quantitative estimate of drug-likeness (QED) is 0.504. The zero-order valence-corrected chi connectivity index (χ0v) is 19.2. The van der Waals surface area contributed by atoms with E-state index in [-0.39, 0.29) is 17.3 Å². The smallest absolute Gasteiger partial charge is 0.251 e. The summed E-state index contributed by atoms with van der Waals surface area (Å²) >= 11 is 0. The van der Waals surface area contributed by atoms with E-state index < -0.39 is 9.84 Å². The van der Waals surface area contributed by atoms with Gasteiger partial charge in [-0.3, -0.25) is 14.5 Å². The van der Waals surface area contributed by atoms with Crippen molar-refractivity contribution >= 4 is 26.6 Å². The van der Waals surface area contributed by atoms with Crippen LogP contribution in [0.1, 0.15) is 27.3 Å². The molecule has 2 aromatic heterocycles. The van der Waals surface area contributed by atoms with Gasteiger partial charge in [0.15, 0.2) is 9.84 Å². The molecule has 2 aromatic carbocycles. The van der Waals surface area contributed by atoms with Crippen molar-refractivity contribution in [3.63, 3.8) is 0 Å². The maximum atomic E-state index is 12.6. The maximum absolute atomic E-state index is 12.6. The lowest BCUT2D eigenvalue weighted by Gasteiger charge is -2.09. The maximum Gasteiger partial charge on any atom is 0.251 e. The molecule has 164 valence electrons. The molecule has 0 spiro atoms. The fourth-order valence-corrected chi connectivity index (χ4v) is 4.78. The number of sulfone groups is 1. The molecule has 0 atom stereocenters. The molecule has 0 unspecified atom stereocenters. The van der Waals surface area contributed by atoms with Crippen molar-refractivity contribution in [3.05, 3.63) is 77.2 Å². The van der Waals surface area contributed by atoms with Gasteiger partial charge in [-0.05, 0) is 66.9 Å². The lowest BCUT2D eigenvalue weighted by Crippen LogP contribution is -2.23. The molecule has 0 saturated heterocycles. The molecule has 0 bridgehead atoms. The van der Waals surface area contributed by atoms with Gasteiger partial charge in [-0.15, -0.1) is 0 Å². The third kappa shape index (κ3) is 4.27. The molecule has 2 heterocycles. The van der Waals surface area contributed by atoms with Crippen molar-refractivity contribution in [1.29, 1.82) is 0 Å². The first-order valence-corrected chi connectivity index (χ1v) is 12.0. The SMILES string of the molecule is Cc1ccc(C(=O)NCc2cc(-c3ccc4c(c3)c(C)nn4C)ccn2)cc1S(C)(=O)=O. The van der Waals surface area contributed by atoms with Crippen LogP contribution >= 0.6 is 0 Å². The first-order chi connectivity index (χ1) is 15.1. The number of hydrogen-bond acceptors (Lipinski definition) is 5. The van der Waals surface area contributed by atoms with Gasteiger partial charge in [-0.25, -0.2) is 8.42 Å². The minimum absolute atomic E-state index is 0.159. The van der Waals surface area contributed by atoms with Gasteiger partial charge in [-0.2, -0.15) is 5.10 Å². The number of nitrogens with zero attached hydrogens (tertiary/aromatic N) is 3. The first kappa shape index (κ1) is 21.7. The van der Waals surface area contributed by atoms with Crippen LogP contribution in [0.25, 0.3) is 22.0 Å². The molecule has 4 rings (SSSR count). The number of nitrogens with one attached hydrogen (secondary N) is 1. The molecule has 1 N–H and O–H groups in total. The van der Waals surface area contributed by atoms with Gasteiger partial charge < -0.3 is 5.32 Å². The summed E-state index contributed by atoms with van der Waals surface area (Å²) in [6, 6.07) is 14.7. The highest BCUT2D eigenvalue weighted by Gasteiger charge is 2.15. The second-order valence-electron chi connectivity index (χ2n) is 7.91. The Morgan fingerprint density at radius 3 is 2.53 bits per heavy atom. The molecule has 0 aliphatic heterocycles. The Bertz CT molecular complexity index is 1460. The summed E-state index contributed by atoms with van der Waals surface area (Å²) in [4.78, 5) is 17.1. The summed E-state index contributed by atoms with van der Waals surface area (Å²) in [6.45, 7) is 3.92. The van der Waals surface area contributed by atoms with Crippen LogP contribution in [0.4, 0.5) is 0 Å². The third-order valence-electron chi connectivity index (χ3n) is 5.46. The van der Waals surface area contributed by atoms with Crippen molar-refractivity contribution in [2.45, 2.75) is 25.3 Å². The number of pyridine rings is 1. The van der Waals surface area contributed by atoms with Crippen LogP contribution in [0, 0.1) is 13.8 Å². The summed E-state index contributed by atoms with van der Waals surface area (Å²) in [5, 5.41) is 8.39. The van der Waals surface area contributed by atoms with Crippen molar-refractivity contribution in [2.75, 3.05) is 6.26 Å². The van der Waals surface area contributed by atoms with Gasteiger partial charge in [0, 0.05) is 30.4 Å². The molecular weight excluding hydrogens is 424 g/mol. The highest BCUT2D eigenvalue weighted by molar-refractivity contribution is 7.90. The Labute approximate surface area is 187 Å². The number of benzene rings is 2. The van der Waals surface area contributed by atoms with E-state index in [1.165, 1.54) is 6.07 Å². The Kier molecular flexibility index (Phi) is 5.56. The Hall–Kier alpha value is -3.52. The monoisotopic (exact) mass is 448 g/mol. The van der Waals surface area contributed by atoms with Gasteiger partial charge >= 0.3 is 0 Å². The molecule has 1 amide bonds.